The first kappa shape index (κ1) is 29.3. The van der Waals surface area contributed by atoms with Gasteiger partial charge in [0, 0.05) is 31.5 Å². The highest BCUT2D eigenvalue weighted by molar-refractivity contribution is 5.81. The van der Waals surface area contributed by atoms with Gasteiger partial charge in [0.25, 0.3) is 0 Å². The van der Waals surface area contributed by atoms with Gasteiger partial charge in [0.05, 0.1) is 6.61 Å². The standard InChI is InChI=1S/C27H48N2O4/c1-4-33-27(32)17-12-8-6-10-14-21-28(20-13-9-5-7-11-16-25(3)30)22-15-23-29-24(2)18-19-26(29)31/h2,4-23H2,1,3H3. The van der Waals surface area contributed by atoms with E-state index in [2.05, 4.69) is 11.5 Å². The fourth-order valence-electron chi connectivity index (χ4n) is 4.38. The molecule has 0 aliphatic carbocycles. The zero-order chi connectivity index (χ0) is 24.3. The lowest BCUT2D eigenvalue weighted by Gasteiger charge is -2.24. The van der Waals surface area contributed by atoms with Gasteiger partial charge in [-0.25, -0.2) is 0 Å². The monoisotopic (exact) mass is 464 g/mol. The van der Waals surface area contributed by atoms with Crippen LogP contribution in [0.1, 0.15) is 110 Å². The van der Waals surface area contributed by atoms with Crippen LogP contribution in [0.3, 0.4) is 0 Å². The number of allylic oxidation sites excluding steroid dienone is 1. The van der Waals surface area contributed by atoms with Crippen molar-refractivity contribution in [3.8, 4) is 0 Å². The molecule has 1 heterocycles. The molecular weight excluding hydrogens is 416 g/mol. The van der Waals surface area contributed by atoms with E-state index in [0.29, 0.717) is 31.7 Å². The molecule has 0 aromatic rings. The molecule has 1 saturated heterocycles. The summed E-state index contributed by atoms with van der Waals surface area (Å²) in [4.78, 5) is 38.8. The number of ketones is 1. The summed E-state index contributed by atoms with van der Waals surface area (Å²) in [5.41, 5.74) is 0.972. The number of amides is 1. The Morgan fingerprint density at radius 1 is 0.848 bits per heavy atom. The van der Waals surface area contributed by atoms with Gasteiger partial charge in [0.2, 0.25) is 5.91 Å². The molecule has 0 saturated carbocycles. The minimum absolute atomic E-state index is 0.0795. The van der Waals surface area contributed by atoms with E-state index < -0.39 is 0 Å². The fourth-order valence-corrected chi connectivity index (χ4v) is 4.38. The number of esters is 1. The number of carbonyl (C=O) groups is 3. The number of rotatable bonds is 21. The number of ether oxygens (including phenoxy) is 1. The Morgan fingerprint density at radius 3 is 1.94 bits per heavy atom. The predicted molar refractivity (Wildman–Crippen MR) is 134 cm³/mol. The second kappa shape index (κ2) is 18.7. The molecule has 0 radical (unpaired) electrons. The van der Waals surface area contributed by atoms with Gasteiger partial charge in [0.15, 0.2) is 0 Å². The summed E-state index contributed by atoms with van der Waals surface area (Å²) < 4.78 is 4.98. The van der Waals surface area contributed by atoms with E-state index in [-0.39, 0.29) is 11.9 Å². The van der Waals surface area contributed by atoms with Crippen LogP contribution >= 0.6 is 0 Å². The van der Waals surface area contributed by atoms with Crippen LogP contribution in [0.15, 0.2) is 12.3 Å². The molecule has 0 N–H and O–H groups in total. The Labute approximate surface area is 202 Å². The summed E-state index contributed by atoms with van der Waals surface area (Å²) in [6.45, 7) is 12.0. The first-order valence-corrected chi connectivity index (χ1v) is 13.3. The van der Waals surface area contributed by atoms with Crippen molar-refractivity contribution in [1.29, 1.82) is 0 Å². The third-order valence-electron chi connectivity index (χ3n) is 6.33. The van der Waals surface area contributed by atoms with E-state index in [9.17, 15) is 14.4 Å². The Hall–Kier alpha value is -1.69. The summed E-state index contributed by atoms with van der Waals surface area (Å²) in [7, 11) is 0. The van der Waals surface area contributed by atoms with Crippen molar-refractivity contribution in [1.82, 2.24) is 9.80 Å². The maximum atomic E-state index is 12.0. The second-order valence-corrected chi connectivity index (χ2v) is 9.35. The van der Waals surface area contributed by atoms with Gasteiger partial charge in [-0.2, -0.15) is 0 Å². The van der Waals surface area contributed by atoms with Gasteiger partial charge >= 0.3 is 5.97 Å². The largest absolute Gasteiger partial charge is 0.466 e. The number of likely N-dealkylation sites (tertiary alicyclic amines) is 1. The molecule has 1 fully saturated rings. The number of carbonyl (C=O) groups excluding carboxylic acids is 3. The predicted octanol–water partition coefficient (Wildman–Crippen LogP) is 5.65. The number of unbranched alkanes of at least 4 members (excludes halogenated alkanes) is 8. The molecule has 1 amide bonds. The Kier molecular flexibility index (Phi) is 16.6. The van der Waals surface area contributed by atoms with Crippen molar-refractivity contribution in [3.63, 3.8) is 0 Å². The lowest BCUT2D eigenvalue weighted by molar-refractivity contribution is -0.143. The van der Waals surface area contributed by atoms with Gasteiger partial charge in [-0.1, -0.05) is 45.1 Å². The first-order valence-electron chi connectivity index (χ1n) is 13.3. The van der Waals surface area contributed by atoms with E-state index in [0.717, 1.165) is 76.8 Å². The molecule has 1 rings (SSSR count). The van der Waals surface area contributed by atoms with Crippen molar-refractivity contribution in [2.45, 2.75) is 110 Å². The van der Waals surface area contributed by atoms with Crippen LogP contribution < -0.4 is 0 Å². The van der Waals surface area contributed by atoms with Crippen molar-refractivity contribution in [3.05, 3.63) is 12.3 Å². The molecule has 1 aliphatic rings. The van der Waals surface area contributed by atoms with Gasteiger partial charge in [-0.05, 0) is 72.0 Å². The SMILES string of the molecule is C=C1CCC(=O)N1CCCN(CCCCCCCC(C)=O)CCCCCCCC(=O)OCC. The van der Waals surface area contributed by atoms with Crippen LogP contribution in [-0.2, 0) is 19.1 Å². The van der Waals surface area contributed by atoms with E-state index in [4.69, 9.17) is 4.74 Å². The van der Waals surface area contributed by atoms with E-state index in [1.807, 2.05) is 11.8 Å². The van der Waals surface area contributed by atoms with E-state index >= 15 is 0 Å². The zero-order valence-electron chi connectivity index (χ0n) is 21.4. The maximum Gasteiger partial charge on any atom is 0.305 e. The molecule has 0 spiro atoms. The summed E-state index contributed by atoms with van der Waals surface area (Å²) in [5.74, 6) is 0.435. The summed E-state index contributed by atoms with van der Waals surface area (Å²) in [6.07, 6.45) is 14.9. The topological polar surface area (TPSA) is 66.9 Å². The molecule has 0 unspecified atom stereocenters. The number of hydrogen-bond donors (Lipinski definition) is 0. The second-order valence-electron chi connectivity index (χ2n) is 9.35. The Bertz CT molecular complexity index is 575. The van der Waals surface area contributed by atoms with Gasteiger partial charge in [-0.3, -0.25) is 9.59 Å². The average Bonchev–Trinajstić information content (AvgIpc) is 3.09. The molecule has 6 heteroatoms. The number of Topliss-reactive ketones (excluding diaryl/α,β-unsaturated/α-hetero) is 1. The van der Waals surface area contributed by atoms with E-state index in [1.54, 1.807) is 6.92 Å². The summed E-state index contributed by atoms with van der Waals surface area (Å²) in [6, 6.07) is 0. The lowest BCUT2D eigenvalue weighted by atomic mass is 10.1. The molecular formula is C27H48N2O4. The van der Waals surface area contributed by atoms with Crippen LogP contribution in [-0.4, -0.2) is 60.2 Å². The number of hydrogen-bond acceptors (Lipinski definition) is 5. The van der Waals surface area contributed by atoms with Crippen molar-refractivity contribution >= 4 is 17.7 Å². The van der Waals surface area contributed by atoms with Gasteiger partial charge < -0.3 is 19.3 Å². The minimum atomic E-state index is -0.0795. The molecule has 0 bridgehead atoms. The maximum absolute atomic E-state index is 12.0. The highest BCUT2D eigenvalue weighted by Crippen LogP contribution is 2.20. The fraction of sp³-hybridized carbons (Fsp3) is 0.815. The highest BCUT2D eigenvalue weighted by Gasteiger charge is 2.23. The molecule has 1 aliphatic heterocycles. The molecule has 33 heavy (non-hydrogen) atoms. The van der Waals surface area contributed by atoms with Crippen LogP contribution in [0.25, 0.3) is 0 Å². The van der Waals surface area contributed by atoms with Crippen LogP contribution in [0.4, 0.5) is 0 Å². The quantitative estimate of drug-likeness (QED) is 0.162. The van der Waals surface area contributed by atoms with Crippen molar-refractivity contribution in [2.75, 3.05) is 32.8 Å². The van der Waals surface area contributed by atoms with Crippen LogP contribution in [0, 0.1) is 0 Å². The molecule has 0 aromatic heterocycles. The highest BCUT2D eigenvalue weighted by atomic mass is 16.5. The van der Waals surface area contributed by atoms with Gasteiger partial charge in [-0.15, -0.1) is 0 Å². The minimum Gasteiger partial charge on any atom is -0.466 e. The van der Waals surface area contributed by atoms with Gasteiger partial charge in [0.1, 0.15) is 5.78 Å². The molecule has 0 atom stereocenters. The van der Waals surface area contributed by atoms with Crippen molar-refractivity contribution in [2.24, 2.45) is 0 Å². The normalized spacial score (nSPS) is 13.8. The van der Waals surface area contributed by atoms with Crippen molar-refractivity contribution < 1.29 is 19.1 Å². The molecule has 6 nitrogen and oxygen atoms in total. The zero-order valence-corrected chi connectivity index (χ0v) is 21.4. The summed E-state index contributed by atoms with van der Waals surface area (Å²) >= 11 is 0. The summed E-state index contributed by atoms with van der Waals surface area (Å²) in [5, 5.41) is 0. The van der Waals surface area contributed by atoms with E-state index in [1.165, 1.54) is 32.1 Å². The third-order valence-corrected chi connectivity index (χ3v) is 6.33. The van der Waals surface area contributed by atoms with Crippen LogP contribution in [0.5, 0.6) is 0 Å². The smallest absolute Gasteiger partial charge is 0.305 e. The Balaban J connectivity index is 2.24. The Morgan fingerprint density at radius 2 is 1.39 bits per heavy atom. The molecule has 0 aromatic carbocycles. The third kappa shape index (κ3) is 14.9. The molecule has 190 valence electrons. The first-order chi connectivity index (χ1) is 15.9. The average molecular weight is 465 g/mol. The lowest BCUT2D eigenvalue weighted by Crippen LogP contribution is -2.31. The number of nitrogens with zero attached hydrogens (tertiary/aromatic N) is 2. The van der Waals surface area contributed by atoms with Crippen LogP contribution in [0.2, 0.25) is 0 Å².